The normalized spacial score (nSPS) is 10.8. The van der Waals surface area contributed by atoms with Crippen LogP contribution in [0.1, 0.15) is 31.2 Å². The molecule has 0 saturated heterocycles. The van der Waals surface area contributed by atoms with E-state index in [0.29, 0.717) is 11.7 Å². The van der Waals surface area contributed by atoms with E-state index in [1.165, 1.54) is 12.1 Å². The summed E-state index contributed by atoms with van der Waals surface area (Å²) in [4.78, 5) is 8.59. The van der Waals surface area contributed by atoms with Gasteiger partial charge < -0.3 is 5.32 Å². The first-order valence-corrected chi connectivity index (χ1v) is 6.95. The monoisotopic (exact) mass is 293 g/mol. The Morgan fingerprint density at radius 3 is 2.55 bits per heavy atom. The van der Waals surface area contributed by atoms with Crippen molar-refractivity contribution in [3.63, 3.8) is 0 Å². The second-order valence-electron chi connectivity index (χ2n) is 4.89. The van der Waals surface area contributed by atoms with Crippen LogP contribution in [0.2, 0.25) is 5.15 Å². The standard InChI is InChI=1S/C15H17ClFN3/c1-10(2)15-19-13(16)9-14(20-15)18-8-7-11-3-5-12(17)6-4-11/h3-6,9-10H,7-8H2,1-2H3,(H,18,19,20). The van der Waals surface area contributed by atoms with E-state index in [4.69, 9.17) is 11.6 Å². The van der Waals surface area contributed by atoms with Gasteiger partial charge >= 0.3 is 0 Å². The molecule has 106 valence electrons. The molecule has 0 aliphatic rings. The number of hydrogen-bond acceptors (Lipinski definition) is 3. The minimum absolute atomic E-state index is 0.217. The van der Waals surface area contributed by atoms with Crippen molar-refractivity contribution in [3.05, 3.63) is 52.7 Å². The maximum absolute atomic E-state index is 12.8. The lowest BCUT2D eigenvalue weighted by Crippen LogP contribution is -2.09. The number of nitrogens with zero attached hydrogens (tertiary/aromatic N) is 2. The highest BCUT2D eigenvalue weighted by Gasteiger charge is 2.06. The first-order valence-electron chi connectivity index (χ1n) is 6.57. The number of aromatic nitrogens is 2. The smallest absolute Gasteiger partial charge is 0.135 e. The van der Waals surface area contributed by atoms with Crippen molar-refractivity contribution < 1.29 is 4.39 Å². The quantitative estimate of drug-likeness (QED) is 0.845. The maximum atomic E-state index is 12.8. The Morgan fingerprint density at radius 2 is 1.90 bits per heavy atom. The average Bonchev–Trinajstić information content (AvgIpc) is 2.40. The van der Waals surface area contributed by atoms with Gasteiger partial charge in [0.2, 0.25) is 0 Å². The summed E-state index contributed by atoms with van der Waals surface area (Å²) in [7, 11) is 0. The van der Waals surface area contributed by atoms with Crippen LogP contribution in [0.3, 0.4) is 0 Å². The molecule has 0 spiro atoms. The Balaban J connectivity index is 1.95. The summed E-state index contributed by atoms with van der Waals surface area (Å²) in [5.74, 6) is 1.45. The molecule has 20 heavy (non-hydrogen) atoms. The van der Waals surface area contributed by atoms with Gasteiger partial charge in [-0.05, 0) is 24.1 Å². The zero-order chi connectivity index (χ0) is 14.5. The summed E-state index contributed by atoms with van der Waals surface area (Å²) in [6.07, 6.45) is 0.791. The van der Waals surface area contributed by atoms with E-state index >= 15 is 0 Å². The summed E-state index contributed by atoms with van der Waals surface area (Å²) >= 11 is 5.97. The molecule has 3 nitrogen and oxygen atoms in total. The van der Waals surface area contributed by atoms with Crippen molar-refractivity contribution in [3.8, 4) is 0 Å². The third-order valence-corrected chi connectivity index (χ3v) is 3.06. The van der Waals surface area contributed by atoms with Gasteiger partial charge in [0.1, 0.15) is 22.6 Å². The predicted molar refractivity (Wildman–Crippen MR) is 79.7 cm³/mol. The van der Waals surface area contributed by atoms with E-state index in [0.717, 1.165) is 23.6 Å². The maximum Gasteiger partial charge on any atom is 0.135 e. The fourth-order valence-electron chi connectivity index (χ4n) is 1.77. The SMILES string of the molecule is CC(C)c1nc(Cl)cc(NCCc2ccc(F)cc2)n1. The van der Waals surface area contributed by atoms with E-state index in [9.17, 15) is 4.39 Å². The number of hydrogen-bond donors (Lipinski definition) is 1. The van der Waals surface area contributed by atoms with Gasteiger partial charge in [0.05, 0.1) is 0 Å². The van der Waals surface area contributed by atoms with Crippen LogP contribution in [0, 0.1) is 5.82 Å². The van der Waals surface area contributed by atoms with Gasteiger partial charge in [-0.25, -0.2) is 14.4 Å². The summed E-state index contributed by atoms with van der Waals surface area (Å²) < 4.78 is 12.8. The zero-order valence-corrected chi connectivity index (χ0v) is 12.3. The van der Waals surface area contributed by atoms with Crippen molar-refractivity contribution in [1.29, 1.82) is 0 Å². The number of nitrogens with one attached hydrogen (secondary N) is 1. The molecule has 1 aromatic heterocycles. The lowest BCUT2D eigenvalue weighted by atomic mass is 10.1. The van der Waals surface area contributed by atoms with Crippen LogP contribution in [-0.2, 0) is 6.42 Å². The molecule has 1 aromatic carbocycles. The van der Waals surface area contributed by atoms with Gasteiger partial charge in [0.25, 0.3) is 0 Å². The molecule has 1 N–H and O–H groups in total. The minimum atomic E-state index is -0.217. The number of benzene rings is 1. The molecule has 0 fully saturated rings. The van der Waals surface area contributed by atoms with Gasteiger partial charge in [0.15, 0.2) is 0 Å². The highest BCUT2D eigenvalue weighted by Crippen LogP contribution is 2.17. The minimum Gasteiger partial charge on any atom is -0.370 e. The van der Waals surface area contributed by atoms with Crippen LogP contribution >= 0.6 is 11.6 Å². The van der Waals surface area contributed by atoms with Gasteiger partial charge in [-0.1, -0.05) is 37.6 Å². The fourth-order valence-corrected chi connectivity index (χ4v) is 1.96. The topological polar surface area (TPSA) is 37.8 Å². The van der Waals surface area contributed by atoms with Crippen molar-refractivity contribution >= 4 is 17.4 Å². The average molecular weight is 294 g/mol. The molecule has 0 aliphatic heterocycles. The molecule has 0 saturated carbocycles. The van der Waals surface area contributed by atoms with Crippen LogP contribution in [0.25, 0.3) is 0 Å². The molecule has 0 bridgehead atoms. The predicted octanol–water partition coefficient (Wildman–Crippen LogP) is 4.05. The molecular weight excluding hydrogens is 277 g/mol. The van der Waals surface area contributed by atoms with E-state index in [1.807, 2.05) is 13.8 Å². The molecule has 5 heteroatoms. The fraction of sp³-hybridized carbons (Fsp3) is 0.333. The lowest BCUT2D eigenvalue weighted by molar-refractivity contribution is 0.627. The second-order valence-corrected chi connectivity index (χ2v) is 5.28. The largest absolute Gasteiger partial charge is 0.370 e. The summed E-state index contributed by atoms with van der Waals surface area (Å²) in [6, 6.07) is 8.20. The van der Waals surface area contributed by atoms with Crippen LogP contribution < -0.4 is 5.32 Å². The van der Waals surface area contributed by atoms with Crippen molar-refractivity contribution in [2.45, 2.75) is 26.2 Å². The highest BCUT2D eigenvalue weighted by atomic mass is 35.5. The highest BCUT2D eigenvalue weighted by molar-refractivity contribution is 6.29. The summed E-state index contributed by atoms with van der Waals surface area (Å²) in [5, 5.41) is 3.65. The Kier molecular flexibility index (Phi) is 4.90. The van der Waals surface area contributed by atoms with Crippen molar-refractivity contribution in [2.24, 2.45) is 0 Å². The van der Waals surface area contributed by atoms with Crippen LogP contribution in [-0.4, -0.2) is 16.5 Å². The molecule has 0 atom stereocenters. The molecule has 0 aliphatic carbocycles. The van der Waals surface area contributed by atoms with Crippen molar-refractivity contribution in [2.75, 3.05) is 11.9 Å². The first kappa shape index (κ1) is 14.7. The second kappa shape index (κ2) is 6.66. The van der Waals surface area contributed by atoms with Crippen LogP contribution in [0.4, 0.5) is 10.2 Å². The molecule has 0 unspecified atom stereocenters. The first-order chi connectivity index (χ1) is 9.54. The third kappa shape index (κ3) is 4.17. The number of rotatable bonds is 5. The van der Waals surface area contributed by atoms with Gasteiger partial charge in [0, 0.05) is 18.5 Å². The van der Waals surface area contributed by atoms with Gasteiger partial charge in [-0.2, -0.15) is 0 Å². The van der Waals surface area contributed by atoms with Crippen LogP contribution in [0.15, 0.2) is 30.3 Å². The van der Waals surface area contributed by atoms with Gasteiger partial charge in [-0.15, -0.1) is 0 Å². The van der Waals surface area contributed by atoms with Crippen LogP contribution in [0.5, 0.6) is 0 Å². The lowest BCUT2D eigenvalue weighted by Gasteiger charge is -2.09. The molecule has 1 heterocycles. The molecule has 2 rings (SSSR count). The number of halogens is 2. The summed E-state index contributed by atoms with van der Waals surface area (Å²) in [5.41, 5.74) is 1.07. The van der Waals surface area contributed by atoms with E-state index in [1.54, 1.807) is 18.2 Å². The molecule has 0 radical (unpaired) electrons. The zero-order valence-electron chi connectivity index (χ0n) is 11.5. The van der Waals surface area contributed by atoms with Gasteiger partial charge in [-0.3, -0.25) is 0 Å². The molecule has 0 amide bonds. The molecular formula is C15H17ClFN3. The Labute approximate surface area is 123 Å². The van der Waals surface area contributed by atoms with E-state index in [2.05, 4.69) is 15.3 Å². The Morgan fingerprint density at radius 1 is 1.20 bits per heavy atom. The van der Waals surface area contributed by atoms with Crippen molar-refractivity contribution in [1.82, 2.24) is 9.97 Å². The summed E-state index contributed by atoms with van der Waals surface area (Å²) in [6.45, 7) is 4.75. The van der Waals surface area contributed by atoms with E-state index < -0.39 is 0 Å². The number of anilines is 1. The molecule has 2 aromatic rings. The van der Waals surface area contributed by atoms with E-state index in [-0.39, 0.29) is 11.7 Å². The Bertz CT molecular complexity index is 570. The third-order valence-electron chi connectivity index (χ3n) is 2.86. The Hall–Kier alpha value is -1.68.